The minimum absolute atomic E-state index is 0.470. The lowest BCUT2D eigenvalue weighted by Gasteiger charge is -2.29. The number of carboxylic acids is 1. The van der Waals surface area contributed by atoms with Crippen LogP contribution in [0.25, 0.3) is 0 Å². The lowest BCUT2D eigenvalue weighted by atomic mass is 9.99. The largest absolute Gasteiger partial charge is 0.480 e. The van der Waals surface area contributed by atoms with Crippen molar-refractivity contribution in [2.24, 2.45) is 0 Å². The van der Waals surface area contributed by atoms with E-state index in [2.05, 4.69) is 4.98 Å². The number of aliphatic carboxylic acids is 1. The Balaban J connectivity index is 2.16. The highest BCUT2D eigenvalue weighted by Crippen LogP contribution is 2.30. The van der Waals surface area contributed by atoms with E-state index in [0.717, 1.165) is 24.4 Å². The van der Waals surface area contributed by atoms with Crippen LogP contribution in [-0.4, -0.2) is 33.0 Å². The van der Waals surface area contributed by atoms with Gasteiger partial charge in [0.1, 0.15) is 11.3 Å². The Morgan fingerprint density at radius 1 is 1.59 bits per heavy atom. The van der Waals surface area contributed by atoms with Gasteiger partial charge in [-0.15, -0.1) is 0 Å². The molecule has 0 spiro atoms. The van der Waals surface area contributed by atoms with Gasteiger partial charge in [-0.25, -0.2) is 4.98 Å². The van der Waals surface area contributed by atoms with E-state index in [1.807, 2.05) is 18.7 Å². The second-order valence-corrected chi connectivity index (χ2v) is 4.85. The zero-order valence-electron chi connectivity index (χ0n) is 10.5. The highest BCUT2D eigenvalue weighted by atomic mass is 16.4. The first-order chi connectivity index (χ1) is 7.93. The third kappa shape index (κ3) is 2.07. The van der Waals surface area contributed by atoms with Crippen molar-refractivity contribution < 1.29 is 14.3 Å². The van der Waals surface area contributed by atoms with Crippen molar-refractivity contribution in [2.45, 2.75) is 45.7 Å². The smallest absolute Gasteiger partial charge is 0.323 e. The summed E-state index contributed by atoms with van der Waals surface area (Å²) in [5, 5.41) is 9.29. The van der Waals surface area contributed by atoms with Crippen LogP contribution >= 0.6 is 0 Å². The SMILES string of the molecule is Cc1nc(CN2CCCC2(C)C(=O)O)oc1C. The molecule has 2 rings (SSSR count). The second kappa shape index (κ2) is 4.14. The maximum Gasteiger partial charge on any atom is 0.323 e. The zero-order chi connectivity index (χ0) is 12.6. The summed E-state index contributed by atoms with van der Waals surface area (Å²) < 4.78 is 5.50. The first-order valence-corrected chi connectivity index (χ1v) is 5.85. The number of hydrogen-bond donors (Lipinski definition) is 1. The van der Waals surface area contributed by atoms with Crippen molar-refractivity contribution in [1.29, 1.82) is 0 Å². The fraction of sp³-hybridized carbons (Fsp3) is 0.667. The predicted octanol–water partition coefficient (Wildman–Crippen LogP) is 1.73. The van der Waals surface area contributed by atoms with E-state index in [4.69, 9.17) is 4.42 Å². The number of oxazole rings is 1. The predicted molar refractivity (Wildman–Crippen MR) is 61.7 cm³/mol. The van der Waals surface area contributed by atoms with Crippen molar-refractivity contribution in [2.75, 3.05) is 6.54 Å². The van der Waals surface area contributed by atoms with Gasteiger partial charge < -0.3 is 9.52 Å². The Bertz CT molecular complexity index is 421. The van der Waals surface area contributed by atoms with Crippen LogP contribution in [0.5, 0.6) is 0 Å². The summed E-state index contributed by atoms with van der Waals surface area (Å²) in [4.78, 5) is 17.5. The molecule has 17 heavy (non-hydrogen) atoms. The monoisotopic (exact) mass is 238 g/mol. The van der Waals surface area contributed by atoms with E-state index in [1.54, 1.807) is 6.92 Å². The quantitative estimate of drug-likeness (QED) is 0.868. The van der Waals surface area contributed by atoms with Gasteiger partial charge in [-0.1, -0.05) is 0 Å². The fourth-order valence-electron chi connectivity index (χ4n) is 2.28. The van der Waals surface area contributed by atoms with E-state index in [1.165, 1.54) is 0 Å². The molecule has 0 aromatic carbocycles. The fourth-order valence-corrected chi connectivity index (χ4v) is 2.28. The molecule has 0 bridgehead atoms. The van der Waals surface area contributed by atoms with E-state index in [-0.39, 0.29) is 0 Å². The minimum Gasteiger partial charge on any atom is -0.480 e. The molecule has 1 aromatic rings. The summed E-state index contributed by atoms with van der Waals surface area (Å²) in [6.07, 6.45) is 1.59. The molecule has 1 aliphatic heterocycles. The Morgan fingerprint density at radius 2 is 2.29 bits per heavy atom. The summed E-state index contributed by atoms with van der Waals surface area (Å²) in [5.74, 6) is 0.639. The Morgan fingerprint density at radius 3 is 2.82 bits per heavy atom. The number of aryl methyl sites for hydroxylation is 2. The molecule has 1 atom stereocenters. The number of carboxylic acid groups (broad SMARTS) is 1. The first kappa shape index (κ1) is 12.1. The van der Waals surface area contributed by atoms with Gasteiger partial charge in [0.2, 0.25) is 5.89 Å². The van der Waals surface area contributed by atoms with Gasteiger partial charge in [0.15, 0.2) is 0 Å². The maximum absolute atomic E-state index is 11.3. The lowest BCUT2D eigenvalue weighted by molar-refractivity contribution is -0.149. The van der Waals surface area contributed by atoms with E-state index >= 15 is 0 Å². The van der Waals surface area contributed by atoms with Gasteiger partial charge in [0, 0.05) is 0 Å². The third-order valence-electron chi connectivity index (χ3n) is 3.65. The highest BCUT2D eigenvalue weighted by molar-refractivity contribution is 5.78. The molecule has 0 aliphatic carbocycles. The molecule has 0 amide bonds. The zero-order valence-corrected chi connectivity index (χ0v) is 10.5. The van der Waals surface area contributed by atoms with Gasteiger partial charge in [-0.2, -0.15) is 0 Å². The molecule has 1 aromatic heterocycles. The first-order valence-electron chi connectivity index (χ1n) is 5.85. The standard InChI is InChI=1S/C12H18N2O3/c1-8-9(2)17-10(13-8)7-14-6-4-5-12(14,3)11(15)16/h4-7H2,1-3H3,(H,15,16). The lowest BCUT2D eigenvalue weighted by Crippen LogP contribution is -2.47. The number of carbonyl (C=O) groups is 1. The Kier molecular flexibility index (Phi) is 2.95. The Hall–Kier alpha value is -1.36. The molecule has 1 aliphatic rings. The molecule has 1 unspecified atom stereocenters. The second-order valence-electron chi connectivity index (χ2n) is 4.85. The van der Waals surface area contributed by atoms with Crippen LogP contribution in [0.4, 0.5) is 0 Å². The number of likely N-dealkylation sites (tertiary alicyclic amines) is 1. The number of hydrogen-bond acceptors (Lipinski definition) is 4. The maximum atomic E-state index is 11.3. The molecule has 1 N–H and O–H groups in total. The van der Waals surface area contributed by atoms with Crippen LogP contribution in [0.3, 0.4) is 0 Å². The van der Waals surface area contributed by atoms with Crippen molar-refractivity contribution >= 4 is 5.97 Å². The van der Waals surface area contributed by atoms with Crippen LogP contribution < -0.4 is 0 Å². The molecule has 94 valence electrons. The van der Waals surface area contributed by atoms with Gasteiger partial charge in [-0.05, 0) is 40.2 Å². The van der Waals surface area contributed by atoms with E-state index < -0.39 is 11.5 Å². The highest BCUT2D eigenvalue weighted by Gasteiger charge is 2.43. The van der Waals surface area contributed by atoms with Gasteiger partial charge in [-0.3, -0.25) is 9.69 Å². The number of nitrogens with zero attached hydrogens (tertiary/aromatic N) is 2. The van der Waals surface area contributed by atoms with Crippen LogP contribution in [-0.2, 0) is 11.3 Å². The molecule has 0 saturated carbocycles. The van der Waals surface area contributed by atoms with Crippen LogP contribution in [0.1, 0.15) is 37.1 Å². The molecule has 2 heterocycles. The molecule has 1 fully saturated rings. The molecular weight excluding hydrogens is 220 g/mol. The van der Waals surface area contributed by atoms with Gasteiger partial charge in [0.05, 0.1) is 12.2 Å². The van der Waals surface area contributed by atoms with Crippen molar-refractivity contribution in [3.63, 3.8) is 0 Å². The molecule has 5 heteroatoms. The summed E-state index contributed by atoms with van der Waals surface area (Å²) in [7, 11) is 0. The summed E-state index contributed by atoms with van der Waals surface area (Å²) in [6.45, 7) is 6.78. The molecule has 5 nitrogen and oxygen atoms in total. The third-order valence-corrected chi connectivity index (χ3v) is 3.65. The average Bonchev–Trinajstić information content (AvgIpc) is 2.74. The topological polar surface area (TPSA) is 66.6 Å². The molecular formula is C12H18N2O3. The van der Waals surface area contributed by atoms with Gasteiger partial charge in [0.25, 0.3) is 0 Å². The van der Waals surface area contributed by atoms with E-state index in [9.17, 15) is 9.90 Å². The average molecular weight is 238 g/mol. The van der Waals surface area contributed by atoms with Gasteiger partial charge >= 0.3 is 5.97 Å². The van der Waals surface area contributed by atoms with Crippen molar-refractivity contribution in [3.05, 3.63) is 17.3 Å². The number of rotatable bonds is 3. The van der Waals surface area contributed by atoms with Crippen molar-refractivity contribution in [3.8, 4) is 0 Å². The number of aromatic nitrogens is 1. The van der Waals surface area contributed by atoms with E-state index in [0.29, 0.717) is 18.9 Å². The van der Waals surface area contributed by atoms with Crippen LogP contribution in [0.2, 0.25) is 0 Å². The summed E-state index contributed by atoms with van der Waals surface area (Å²) in [6, 6.07) is 0. The minimum atomic E-state index is -0.781. The summed E-state index contributed by atoms with van der Waals surface area (Å²) >= 11 is 0. The normalized spacial score (nSPS) is 25.4. The van der Waals surface area contributed by atoms with Crippen LogP contribution in [0, 0.1) is 13.8 Å². The van der Waals surface area contributed by atoms with Crippen LogP contribution in [0.15, 0.2) is 4.42 Å². The summed E-state index contributed by atoms with van der Waals surface area (Å²) in [5.41, 5.74) is 0.0900. The molecule has 0 radical (unpaired) electrons. The Labute approximate surface area is 100 Å². The van der Waals surface area contributed by atoms with Crippen molar-refractivity contribution in [1.82, 2.24) is 9.88 Å². The molecule has 1 saturated heterocycles.